The Balaban J connectivity index is 1.88. The van der Waals surface area contributed by atoms with Gasteiger partial charge in [-0.2, -0.15) is 0 Å². The lowest BCUT2D eigenvalue weighted by molar-refractivity contribution is 0.690. The Morgan fingerprint density at radius 1 is 1.17 bits per heavy atom. The number of thiophene rings is 1. The molecule has 1 saturated carbocycles. The van der Waals surface area contributed by atoms with E-state index in [-0.39, 0.29) is 0 Å². The van der Waals surface area contributed by atoms with Crippen molar-refractivity contribution in [1.29, 1.82) is 0 Å². The minimum Gasteiger partial charge on any atom is -0.310 e. The van der Waals surface area contributed by atoms with Gasteiger partial charge in [-0.15, -0.1) is 11.3 Å². The first-order valence-corrected chi connectivity index (χ1v) is 7.49. The molecule has 0 unspecified atom stereocenters. The van der Waals surface area contributed by atoms with Crippen molar-refractivity contribution in [3.05, 3.63) is 45.6 Å². The maximum absolute atomic E-state index is 3.61. The van der Waals surface area contributed by atoms with Crippen LogP contribution in [0.15, 0.2) is 29.6 Å². The smallest absolute Gasteiger partial charge is 0.0222 e. The van der Waals surface area contributed by atoms with Gasteiger partial charge in [-0.05, 0) is 48.8 Å². The van der Waals surface area contributed by atoms with Crippen LogP contribution in [0.25, 0.3) is 11.1 Å². The lowest BCUT2D eigenvalue weighted by Crippen LogP contribution is -2.15. The summed E-state index contributed by atoms with van der Waals surface area (Å²) < 4.78 is 0. The highest BCUT2D eigenvalue weighted by Gasteiger charge is 2.21. The molecular formula is C16H19NS. The van der Waals surface area contributed by atoms with Crippen LogP contribution in [-0.4, -0.2) is 6.04 Å². The Hall–Kier alpha value is -1.12. The summed E-state index contributed by atoms with van der Waals surface area (Å²) >= 11 is 1.86. The predicted octanol–water partition coefficient (Wildman–Crippen LogP) is 4.28. The average Bonchev–Trinajstić information content (AvgIpc) is 3.12. The lowest BCUT2D eigenvalue weighted by Gasteiger charge is -2.07. The van der Waals surface area contributed by atoms with E-state index < -0.39 is 0 Å². The van der Waals surface area contributed by atoms with Crippen molar-refractivity contribution in [2.75, 3.05) is 0 Å². The van der Waals surface area contributed by atoms with E-state index in [4.69, 9.17) is 0 Å². The highest BCUT2D eigenvalue weighted by atomic mass is 32.1. The van der Waals surface area contributed by atoms with Gasteiger partial charge in [0.2, 0.25) is 0 Å². The third-order valence-electron chi connectivity index (χ3n) is 3.55. The zero-order chi connectivity index (χ0) is 12.5. The molecule has 1 fully saturated rings. The van der Waals surface area contributed by atoms with Crippen LogP contribution in [0.5, 0.6) is 0 Å². The van der Waals surface area contributed by atoms with E-state index in [1.54, 1.807) is 0 Å². The second kappa shape index (κ2) is 4.87. The van der Waals surface area contributed by atoms with Crippen molar-refractivity contribution >= 4 is 11.3 Å². The van der Waals surface area contributed by atoms with Crippen LogP contribution in [0.4, 0.5) is 0 Å². The van der Waals surface area contributed by atoms with E-state index in [2.05, 4.69) is 48.8 Å². The van der Waals surface area contributed by atoms with E-state index >= 15 is 0 Å². The highest BCUT2D eigenvalue weighted by molar-refractivity contribution is 7.10. The van der Waals surface area contributed by atoms with Gasteiger partial charge in [0.1, 0.15) is 0 Å². The number of hydrogen-bond donors (Lipinski definition) is 1. The molecule has 1 heterocycles. The van der Waals surface area contributed by atoms with E-state index in [0.717, 1.165) is 12.6 Å². The Bertz CT molecular complexity index is 535. The molecule has 18 heavy (non-hydrogen) atoms. The topological polar surface area (TPSA) is 12.0 Å². The fourth-order valence-corrected chi connectivity index (χ4v) is 3.17. The van der Waals surface area contributed by atoms with Gasteiger partial charge in [0.05, 0.1) is 0 Å². The number of hydrogen-bond acceptors (Lipinski definition) is 2. The predicted molar refractivity (Wildman–Crippen MR) is 79.1 cm³/mol. The van der Waals surface area contributed by atoms with Crippen molar-refractivity contribution in [2.45, 2.75) is 39.3 Å². The SMILES string of the molecule is Cc1ccc(-c2c(CNC3CC3)csc2C)cc1. The van der Waals surface area contributed by atoms with E-state index in [9.17, 15) is 0 Å². The van der Waals surface area contributed by atoms with Gasteiger partial charge < -0.3 is 5.32 Å². The standard InChI is InChI=1S/C16H19NS/c1-11-3-5-13(6-4-11)16-12(2)18-10-14(16)9-17-15-7-8-15/h3-6,10,15,17H,7-9H2,1-2H3. The summed E-state index contributed by atoms with van der Waals surface area (Å²) in [5.74, 6) is 0. The van der Waals surface area contributed by atoms with Crippen molar-refractivity contribution < 1.29 is 0 Å². The van der Waals surface area contributed by atoms with Crippen molar-refractivity contribution in [3.63, 3.8) is 0 Å². The first-order valence-electron chi connectivity index (χ1n) is 6.61. The first kappa shape index (κ1) is 11.9. The van der Waals surface area contributed by atoms with Gasteiger partial charge in [-0.25, -0.2) is 0 Å². The van der Waals surface area contributed by atoms with Crippen LogP contribution in [0.2, 0.25) is 0 Å². The third-order valence-corrected chi connectivity index (χ3v) is 4.51. The molecule has 0 atom stereocenters. The van der Waals surface area contributed by atoms with Gasteiger partial charge in [-0.3, -0.25) is 0 Å². The molecule has 1 aliphatic rings. The van der Waals surface area contributed by atoms with Crippen LogP contribution >= 0.6 is 11.3 Å². The maximum atomic E-state index is 3.61. The zero-order valence-corrected chi connectivity index (χ0v) is 11.8. The summed E-state index contributed by atoms with van der Waals surface area (Å²) in [5.41, 5.74) is 5.57. The van der Waals surface area contributed by atoms with Gasteiger partial charge in [0, 0.05) is 17.5 Å². The summed E-state index contributed by atoms with van der Waals surface area (Å²) in [4.78, 5) is 1.42. The van der Waals surface area contributed by atoms with Crippen molar-refractivity contribution in [2.24, 2.45) is 0 Å². The number of nitrogens with one attached hydrogen (secondary N) is 1. The Kier molecular flexibility index (Phi) is 3.23. The molecule has 1 nitrogen and oxygen atoms in total. The normalized spacial score (nSPS) is 15.0. The van der Waals surface area contributed by atoms with E-state index in [0.29, 0.717) is 0 Å². The van der Waals surface area contributed by atoms with E-state index in [1.165, 1.54) is 40.0 Å². The maximum Gasteiger partial charge on any atom is 0.0222 e. The summed E-state index contributed by atoms with van der Waals surface area (Å²) in [6.45, 7) is 5.37. The fourth-order valence-electron chi connectivity index (χ4n) is 2.28. The van der Waals surface area contributed by atoms with Crippen LogP contribution in [0.3, 0.4) is 0 Å². The van der Waals surface area contributed by atoms with Gasteiger partial charge in [-0.1, -0.05) is 29.8 Å². The van der Waals surface area contributed by atoms with Crippen molar-refractivity contribution in [1.82, 2.24) is 5.32 Å². The van der Waals surface area contributed by atoms with Crippen LogP contribution in [-0.2, 0) is 6.54 Å². The molecule has 1 N–H and O–H groups in total. The molecule has 3 rings (SSSR count). The molecule has 0 amide bonds. The largest absolute Gasteiger partial charge is 0.310 e. The van der Waals surface area contributed by atoms with E-state index in [1.807, 2.05) is 11.3 Å². The average molecular weight is 257 g/mol. The Labute approximate surface area is 113 Å². The second-order valence-corrected chi connectivity index (χ2v) is 6.30. The zero-order valence-electron chi connectivity index (χ0n) is 11.0. The molecule has 0 saturated heterocycles. The molecule has 0 aliphatic heterocycles. The second-order valence-electron chi connectivity index (χ2n) is 5.21. The quantitative estimate of drug-likeness (QED) is 0.862. The molecule has 2 aromatic rings. The minimum absolute atomic E-state index is 0.774. The lowest BCUT2D eigenvalue weighted by atomic mass is 10.0. The molecule has 94 valence electrons. The van der Waals surface area contributed by atoms with Gasteiger partial charge in [0.15, 0.2) is 0 Å². The third kappa shape index (κ3) is 2.50. The molecule has 2 heteroatoms. The summed E-state index contributed by atoms with van der Waals surface area (Å²) in [6.07, 6.45) is 2.70. The Morgan fingerprint density at radius 2 is 1.89 bits per heavy atom. The van der Waals surface area contributed by atoms with Crippen LogP contribution < -0.4 is 5.32 Å². The highest BCUT2D eigenvalue weighted by Crippen LogP contribution is 2.33. The monoisotopic (exact) mass is 257 g/mol. The minimum atomic E-state index is 0.774. The van der Waals surface area contributed by atoms with Crippen LogP contribution in [0, 0.1) is 13.8 Å². The molecule has 0 bridgehead atoms. The molecule has 1 aliphatic carbocycles. The summed E-state index contributed by atoms with van der Waals surface area (Å²) in [7, 11) is 0. The molecule has 0 radical (unpaired) electrons. The number of aryl methyl sites for hydroxylation is 2. The molecule has 1 aromatic carbocycles. The fraction of sp³-hybridized carbons (Fsp3) is 0.375. The molecular weight excluding hydrogens is 238 g/mol. The molecule has 0 spiro atoms. The van der Waals surface area contributed by atoms with Crippen LogP contribution in [0.1, 0.15) is 28.8 Å². The van der Waals surface area contributed by atoms with Gasteiger partial charge in [0.25, 0.3) is 0 Å². The first-order chi connectivity index (χ1) is 8.74. The number of rotatable bonds is 4. The Morgan fingerprint density at radius 3 is 2.56 bits per heavy atom. The van der Waals surface area contributed by atoms with Crippen molar-refractivity contribution in [3.8, 4) is 11.1 Å². The summed E-state index contributed by atoms with van der Waals surface area (Å²) in [5, 5.41) is 5.92. The summed E-state index contributed by atoms with van der Waals surface area (Å²) in [6, 6.07) is 9.65. The number of benzene rings is 1. The molecule has 1 aromatic heterocycles. The van der Waals surface area contributed by atoms with Gasteiger partial charge >= 0.3 is 0 Å².